The second kappa shape index (κ2) is 6.20. The Kier molecular flexibility index (Phi) is 3.90. The zero-order chi connectivity index (χ0) is 16.5. The molecule has 1 aliphatic rings. The zero-order valence-corrected chi connectivity index (χ0v) is 14.0. The molecule has 122 valence electrons. The molecule has 0 aliphatic carbocycles. The Morgan fingerprint density at radius 1 is 1.08 bits per heavy atom. The molecule has 0 amide bonds. The molecule has 1 fully saturated rings. The Balaban J connectivity index is 1.86. The number of rotatable bonds is 3. The van der Waals surface area contributed by atoms with Crippen LogP contribution in [0.3, 0.4) is 0 Å². The highest BCUT2D eigenvalue weighted by Crippen LogP contribution is 2.39. The molecular formula is C18H17N3O2S. The lowest BCUT2D eigenvalue weighted by Gasteiger charge is -2.30. The smallest absolute Gasteiger partial charge is 0.270 e. The third-order valence-corrected chi connectivity index (χ3v) is 5.48. The monoisotopic (exact) mass is 339 g/mol. The molecule has 6 heteroatoms. The quantitative estimate of drug-likeness (QED) is 0.505. The highest BCUT2D eigenvalue weighted by Gasteiger charge is 2.20. The summed E-state index contributed by atoms with van der Waals surface area (Å²) in [4.78, 5) is 17.9. The second-order valence-corrected chi connectivity index (χ2v) is 7.02. The Morgan fingerprint density at radius 3 is 2.62 bits per heavy atom. The first-order valence-corrected chi connectivity index (χ1v) is 8.93. The van der Waals surface area contributed by atoms with Crippen LogP contribution < -0.4 is 4.90 Å². The van der Waals surface area contributed by atoms with E-state index in [1.54, 1.807) is 23.5 Å². The SMILES string of the molecule is O=[N+]([O-])c1ccc(N2CCCCC2)c(-c2nc3ccccc3s2)c1. The van der Waals surface area contributed by atoms with Crippen LogP contribution in [-0.4, -0.2) is 23.0 Å². The maximum Gasteiger partial charge on any atom is 0.270 e. The van der Waals surface area contributed by atoms with Gasteiger partial charge in [-0.25, -0.2) is 4.98 Å². The van der Waals surface area contributed by atoms with E-state index in [1.807, 2.05) is 30.3 Å². The van der Waals surface area contributed by atoms with Crippen LogP contribution in [0.2, 0.25) is 0 Å². The predicted octanol–water partition coefficient (Wildman–Crippen LogP) is 4.86. The third kappa shape index (κ3) is 2.73. The maximum absolute atomic E-state index is 11.2. The maximum atomic E-state index is 11.2. The first-order chi connectivity index (χ1) is 11.7. The summed E-state index contributed by atoms with van der Waals surface area (Å²) in [6.07, 6.45) is 3.58. The molecule has 0 atom stereocenters. The number of nitro benzene ring substituents is 1. The van der Waals surface area contributed by atoms with Crippen molar-refractivity contribution in [2.75, 3.05) is 18.0 Å². The number of benzene rings is 2. The van der Waals surface area contributed by atoms with Crippen molar-refractivity contribution in [1.29, 1.82) is 0 Å². The predicted molar refractivity (Wildman–Crippen MR) is 97.8 cm³/mol. The Hall–Kier alpha value is -2.47. The van der Waals surface area contributed by atoms with Crippen LogP contribution in [0.25, 0.3) is 20.8 Å². The van der Waals surface area contributed by atoms with Crippen LogP contribution in [0.4, 0.5) is 11.4 Å². The van der Waals surface area contributed by atoms with Crippen molar-refractivity contribution in [3.8, 4) is 10.6 Å². The summed E-state index contributed by atoms with van der Waals surface area (Å²) in [5.41, 5.74) is 2.98. The van der Waals surface area contributed by atoms with E-state index in [2.05, 4.69) is 4.90 Å². The number of nitro groups is 1. The van der Waals surface area contributed by atoms with Crippen molar-refractivity contribution < 1.29 is 4.92 Å². The lowest BCUT2D eigenvalue weighted by Crippen LogP contribution is -2.29. The van der Waals surface area contributed by atoms with E-state index < -0.39 is 0 Å². The van der Waals surface area contributed by atoms with E-state index >= 15 is 0 Å². The summed E-state index contributed by atoms with van der Waals surface area (Å²) in [7, 11) is 0. The lowest BCUT2D eigenvalue weighted by molar-refractivity contribution is -0.384. The summed E-state index contributed by atoms with van der Waals surface area (Å²) >= 11 is 1.59. The van der Waals surface area contributed by atoms with E-state index in [4.69, 9.17) is 4.98 Å². The molecule has 0 radical (unpaired) electrons. The number of non-ortho nitro benzene ring substituents is 1. The number of hydrogen-bond donors (Lipinski definition) is 0. The van der Waals surface area contributed by atoms with Crippen LogP contribution in [0.1, 0.15) is 19.3 Å². The summed E-state index contributed by atoms with van der Waals surface area (Å²) < 4.78 is 1.10. The Morgan fingerprint density at radius 2 is 1.88 bits per heavy atom. The topological polar surface area (TPSA) is 59.3 Å². The van der Waals surface area contributed by atoms with Gasteiger partial charge in [0.15, 0.2) is 0 Å². The van der Waals surface area contributed by atoms with Crippen LogP contribution in [0, 0.1) is 10.1 Å². The minimum Gasteiger partial charge on any atom is -0.371 e. The number of aromatic nitrogens is 1. The summed E-state index contributed by atoms with van der Waals surface area (Å²) in [6.45, 7) is 1.99. The van der Waals surface area contributed by atoms with E-state index in [0.29, 0.717) is 0 Å². The van der Waals surface area contributed by atoms with Crippen LogP contribution in [-0.2, 0) is 0 Å². The normalized spacial score (nSPS) is 14.9. The van der Waals surface area contributed by atoms with E-state index in [0.717, 1.165) is 52.4 Å². The van der Waals surface area contributed by atoms with E-state index in [9.17, 15) is 10.1 Å². The number of hydrogen-bond acceptors (Lipinski definition) is 5. The van der Waals surface area contributed by atoms with Crippen molar-refractivity contribution >= 4 is 32.9 Å². The fourth-order valence-electron chi connectivity index (χ4n) is 3.21. The first-order valence-electron chi connectivity index (χ1n) is 8.12. The van der Waals surface area contributed by atoms with Gasteiger partial charge in [0, 0.05) is 36.5 Å². The van der Waals surface area contributed by atoms with Crippen molar-refractivity contribution in [3.63, 3.8) is 0 Å². The number of nitrogens with zero attached hydrogens (tertiary/aromatic N) is 3. The highest BCUT2D eigenvalue weighted by molar-refractivity contribution is 7.21. The minimum absolute atomic E-state index is 0.116. The van der Waals surface area contributed by atoms with Gasteiger partial charge in [-0.1, -0.05) is 12.1 Å². The van der Waals surface area contributed by atoms with Gasteiger partial charge in [0.05, 0.1) is 15.1 Å². The number of para-hydroxylation sites is 1. The number of anilines is 1. The third-order valence-electron chi connectivity index (χ3n) is 4.41. The number of piperidine rings is 1. The van der Waals surface area contributed by atoms with Crippen LogP contribution >= 0.6 is 11.3 Å². The number of thiazole rings is 1. The van der Waals surface area contributed by atoms with Gasteiger partial charge in [-0.2, -0.15) is 0 Å². The molecule has 24 heavy (non-hydrogen) atoms. The van der Waals surface area contributed by atoms with Gasteiger partial charge in [-0.05, 0) is 37.5 Å². The molecule has 0 bridgehead atoms. The van der Waals surface area contributed by atoms with Crippen molar-refractivity contribution in [2.45, 2.75) is 19.3 Å². The Bertz CT molecular complexity index is 867. The standard InChI is InChI=1S/C18H17N3O2S/c22-21(23)13-8-9-16(20-10-4-1-5-11-20)14(12-13)18-19-15-6-2-3-7-17(15)24-18/h2-3,6-9,12H,1,4-5,10-11H2. The largest absolute Gasteiger partial charge is 0.371 e. The fraction of sp³-hybridized carbons (Fsp3) is 0.278. The van der Waals surface area contributed by atoms with Crippen molar-refractivity contribution in [2.24, 2.45) is 0 Å². The van der Waals surface area contributed by atoms with Crippen LogP contribution in [0.15, 0.2) is 42.5 Å². The van der Waals surface area contributed by atoms with Gasteiger partial charge in [0.1, 0.15) is 5.01 Å². The van der Waals surface area contributed by atoms with Gasteiger partial charge < -0.3 is 4.90 Å². The molecule has 5 nitrogen and oxygen atoms in total. The van der Waals surface area contributed by atoms with E-state index in [-0.39, 0.29) is 10.6 Å². The summed E-state index contributed by atoms with van der Waals surface area (Å²) in [5, 5.41) is 12.1. The number of fused-ring (bicyclic) bond motifs is 1. The first kappa shape index (κ1) is 15.1. The summed E-state index contributed by atoms with van der Waals surface area (Å²) in [5.74, 6) is 0. The molecule has 1 saturated heterocycles. The lowest BCUT2D eigenvalue weighted by atomic mass is 10.1. The molecule has 0 N–H and O–H groups in total. The molecule has 3 aromatic rings. The van der Waals surface area contributed by atoms with Crippen LogP contribution in [0.5, 0.6) is 0 Å². The van der Waals surface area contributed by atoms with Crippen molar-refractivity contribution in [3.05, 3.63) is 52.6 Å². The average molecular weight is 339 g/mol. The molecule has 1 aromatic heterocycles. The van der Waals surface area contributed by atoms with Gasteiger partial charge in [-0.3, -0.25) is 10.1 Å². The molecule has 4 rings (SSSR count). The molecule has 0 saturated carbocycles. The minimum atomic E-state index is -0.337. The second-order valence-electron chi connectivity index (χ2n) is 5.99. The highest BCUT2D eigenvalue weighted by atomic mass is 32.1. The van der Waals surface area contributed by atoms with Gasteiger partial charge in [0.25, 0.3) is 5.69 Å². The molecule has 0 unspecified atom stereocenters. The van der Waals surface area contributed by atoms with Gasteiger partial charge in [-0.15, -0.1) is 11.3 Å². The van der Waals surface area contributed by atoms with Crippen molar-refractivity contribution in [1.82, 2.24) is 4.98 Å². The zero-order valence-electron chi connectivity index (χ0n) is 13.1. The molecule has 2 aromatic carbocycles. The molecular weight excluding hydrogens is 322 g/mol. The van der Waals surface area contributed by atoms with Gasteiger partial charge in [0.2, 0.25) is 0 Å². The van der Waals surface area contributed by atoms with E-state index in [1.165, 1.54) is 6.42 Å². The van der Waals surface area contributed by atoms with Gasteiger partial charge >= 0.3 is 0 Å². The molecule has 0 spiro atoms. The Labute approximate surface area is 143 Å². The molecule has 2 heterocycles. The fourth-order valence-corrected chi connectivity index (χ4v) is 4.20. The average Bonchev–Trinajstić information content (AvgIpc) is 3.06. The molecule has 1 aliphatic heterocycles. The summed E-state index contributed by atoms with van der Waals surface area (Å²) in [6, 6.07) is 13.1.